The van der Waals surface area contributed by atoms with E-state index in [1.807, 2.05) is 66.7 Å². The number of nitrogens with zero attached hydrogens (tertiary/aromatic N) is 1. The third-order valence-electron chi connectivity index (χ3n) is 3.45. The van der Waals surface area contributed by atoms with Crippen LogP contribution in [-0.2, 0) is 5.41 Å². The van der Waals surface area contributed by atoms with E-state index >= 15 is 0 Å². The first-order valence-electron chi connectivity index (χ1n) is 6.47. The minimum absolute atomic E-state index is 0.587. The van der Waals surface area contributed by atoms with Crippen LogP contribution in [-0.4, -0.2) is 0 Å². The maximum Gasteiger partial charge on any atom is 0.107 e. The van der Waals surface area contributed by atoms with Crippen LogP contribution >= 0.6 is 0 Å². The highest BCUT2D eigenvalue weighted by atomic mass is 14.4. The van der Waals surface area contributed by atoms with Crippen molar-refractivity contribution in [3.05, 3.63) is 84.4 Å². The van der Waals surface area contributed by atoms with Gasteiger partial charge in [-0.05, 0) is 24.0 Å². The van der Waals surface area contributed by atoms with Crippen LogP contribution in [0.5, 0.6) is 0 Å². The number of hydrogen-bond acceptors (Lipinski definition) is 1. The average Bonchev–Trinajstić information content (AvgIpc) is 2.51. The molecule has 0 aliphatic heterocycles. The zero-order valence-electron chi connectivity index (χ0n) is 10.9. The molecular weight excluding hydrogens is 230 g/mol. The molecule has 0 aliphatic carbocycles. The quantitative estimate of drug-likeness (QED) is 0.715. The first kappa shape index (κ1) is 13.1. The van der Waals surface area contributed by atoms with E-state index in [2.05, 4.69) is 12.6 Å². The van der Waals surface area contributed by atoms with E-state index in [1.54, 1.807) is 0 Å². The lowest BCUT2D eigenvalue weighted by molar-refractivity contribution is 0.601. The number of benzene rings is 2. The Bertz CT molecular complexity index is 524. The van der Waals surface area contributed by atoms with Crippen molar-refractivity contribution in [3.8, 4) is 6.07 Å². The lowest BCUT2D eigenvalue weighted by Crippen LogP contribution is -2.25. The summed E-state index contributed by atoms with van der Waals surface area (Å²) in [5.41, 5.74) is 1.51. The smallest absolute Gasteiger partial charge is 0.107 e. The number of rotatable bonds is 5. The number of allylic oxidation sites excluding steroid dienone is 1. The Labute approximate surface area is 114 Å². The van der Waals surface area contributed by atoms with Crippen LogP contribution in [0.3, 0.4) is 0 Å². The Morgan fingerprint density at radius 3 is 1.79 bits per heavy atom. The Morgan fingerprint density at radius 1 is 0.947 bits per heavy atom. The second kappa shape index (κ2) is 6.02. The van der Waals surface area contributed by atoms with Gasteiger partial charge in [-0.15, -0.1) is 6.58 Å². The summed E-state index contributed by atoms with van der Waals surface area (Å²) in [5, 5.41) is 9.83. The third kappa shape index (κ3) is 2.58. The van der Waals surface area contributed by atoms with Gasteiger partial charge in [0.15, 0.2) is 0 Å². The summed E-state index contributed by atoms with van der Waals surface area (Å²) in [7, 11) is 0. The summed E-state index contributed by atoms with van der Waals surface area (Å²) in [5.74, 6) is 0. The van der Waals surface area contributed by atoms with Gasteiger partial charge in [0.1, 0.15) is 5.41 Å². The number of nitriles is 1. The second-order valence-electron chi connectivity index (χ2n) is 4.58. The molecule has 1 heteroatoms. The van der Waals surface area contributed by atoms with Crippen LogP contribution in [0, 0.1) is 11.3 Å². The molecule has 2 aromatic rings. The van der Waals surface area contributed by atoms with E-state index in [9.17, 15) is 5.26 Å². The Kier molecular flexibility index (Phi) is 4.15. The van der Waals surface area contributed by atoms with Crippen molar-refractivity contribution >= 4 is 0 Å². The van der Waals surface area contributed by atoms with Gasteiger partial charge in [-0.1, -0.05) is 66.7 Å². The minimum Gasteiger partial charge on any atom is -0.197 e. The largest absolute Gasteiger partial charge is 0.197 e. The molecule has 0 aromatic heterocycles. The van der Waals surface area contributed by atoms with Gasteiger partial charge in [0.05, 0.1) is 6.07 Å². The van der Waals surface area contributed by atoms with Crippen LogP contribution in [0.4, 0.5) is 0 Å². The maximum atomic E-state index is 9.83. The molecule has 2 aromatic carbocycles. The summed E-state index contributed by atoms with van der Waals surface area (Å²) in [6.07, 6.45) is 3.44. The van der Waals surface area contributed by atoms with E-state index in [0.29, 0.717) is 0 Å². The van der Waals surface area contributed by atoms with Gasteiger partial charge >= 0.3 is 0 Å². The van der Waals surface area contributed by atoms with Crippen LogP contribution in [0.1, 0.15) is 24.0 Å². The maximum absolute atomic E-state index is 9.83. The Balaban J connectivity index is 2.55. The SMILES string of the molecule is C=CCCC(C#N)(c1ccccc1)c1ccccc1. The molecule has 19 heavy (non-hydrogen) atoms. The van der Waals surface area contributed by atoms with Gasteiger partial charge in [-0.3, -0.25) is 0 Å². The van der Waals surface area contributed by atoms with E-state index in [-0.39, 0.29) is 0 Å². The average molecular weight is 247 g/mol. The van der Waals surface area contributed by atoms with Gasteiger partial charge in [0, 0.05) is 0 Å². The molecule has 0 N–H and O–H groups in total. The summed E-state index contributed by atoms with van der Waals surface area (Å²) in [6.45, 7) is 3.78. The summed E-state index contributed by atoms with van der Waals surface area (Å²) >= 11 is 0. The highest BCUT2D eigenvalue weighted by Crippen LogP contribution is 2.36. The molecule has 0 heterocycles. The van der Waals surface area contributed by atoms with Crippen molar-refractivity contribution in [2.24, 2.45) is 0 Å². The van der Waals surface area contributed by atoms with Crippen molar-refractivity contribution in [2.45, 2.75) is 18.3 Å². The van der Waals surface area contributed by atoms with Crippen LogP contribution in [0.15, 0.2) is 73.3 Å². The molecule has 0 bridgehead atoms. The van der Waals surface area contributed by atoms with E-state index in [1.165, 1.54) is 0 Å². The zero-order chi connectivity index (χ0) is 13.6. The molecule has 0 spiro atoms. The van der Waals surface area contributed by atoms with Gasteiger partial charge in [0.2, 0.25) is 0 Å². The van der Waals surface area contributed by atoms with Gasteiger partial charge in [0.25, 0.3) is 0 Å². The summed E-state index contributed by atoms with van der Waals surface area (Å²) in [4.78, 5) is 0. The lowest BCUT2D eigenvalue weighted by Gasteiger charge is -2.27. The molecule has 0 atom stereocenters. The second-order valence-corrected chi connectivity index (χ2v) is 4.58. The normalized spacial score (nSPS) is 10.7. The Hall–Kier alpha value is -2.33. The third-order valence-corrected chi connectivity index (χ3v) is 3.45. The van der Waals surface area contributed by atoms with Crippen molar-refractivity contribution in [3.63, 3.8) is 0 Å². The first-order valence-corrected chi connectivity index (χ1v) is 6.47. The van der Waals surface area contributed by atoms with Crippen molar-refractivity contribution in [2.75, 3.05) is 0 Å². The molecular formula is C18H17N. The van der Waals surface area contributed by atoms with Crippen LogP contribution in [0.25, 0.3) is 0 Å². The van der Waals surface area contributed by atoms with Crippen molar-refractivity contribution < 1.29 is 0 Å². The fraction of sp³-hybridized carbons (Fsp3) is 0.167. The standard InChI is InChI=1S/C18H17N/c1-2-3-14-18(15-19,16-10-6-4-7-11-16)17-12-8-5-9-13-17/h2,4-13H,1,3,14H2. The van der Waals surface area contributed by atoms with Crippen LogP contribution in [0.2, 0.25) is 0 Å². The molecule has 1 nitrogen and oxygen atoms in total. The molecule has 2 rings (SSSR count). The highest BCUT2D eigenvalue weighted by molar-refractivity contribution is 5.45. The molecule has 0 amide bonds. The van der Waals surface area contributed by atoms with E-state index < -0.39 is 5.41 Å². The Morgan fingerprint density at radius 2 is 1.42 bits per heavy atom. The van der Waals surface area contributed by atoms with Crippen molar-refractivity contribution in [1.29, 1.82) is 5.26 Å². The molecule has 94 valence electrons. The first-order chi connectivity index (χ1) is 9.33. The zero-order valence-corrected chi connectivity index (χ0v) is 10.9. The van der Waals surface area contributed by atoms with E-state index in [4.69, 9.17) is 0 Å². The predicted molar refractivity (Wildman–Crippen MR) is 78.7 cm³/mol. The topological polar surface area (TPSA) is 23.8 Å². The summed E-state index contributed by atoms with van der Waals surface area (Å²) < 4.78 is 0. The van der Waals surface area contributed by atoms with Gasteiger partial charge < -0.3 is 0 Å². The van der Waals surface area contributed by atoms with Gasteiger partial charge in [-0.25, -0.2) is 0 Å². The summed E-state index contributed by atoms with van der Waals surface area (Å²) in [6, 6.07) is 22.5. The molecule has 0 saturated carbocycles. The minimum atomic E-state index is -0.587. The van der Waals surface area contributed by atoms with Crippen molar-refractivity contribution in [1.82, 2.24) is 0 Å². The monoisotopic (exact) mass is 247 g/mol. The molecule has 0 unspecified atom stereocenters. The molecule has 0 fully saturated rings. The van der Waals surface area contributed by atoms with Crippen LogP contribution < -0.4 is 0 Å². The lowest BCUT2D eigenvalue weighted by atomic mass is 9.72. The predicted octanol–water partition coefficient (Wildman–Crippen LogP) is 4.46. The molecule has 0 saturated heterocycles. The molecule has 0 radical (unpaired) electrons. The fourth-order valence-electron chi connectivity index (χ4n) is 2.40. The number of hydrogen-bond donors (Lipinski definition) is 0. The van der Waals surface area contributed by atoms with E-state index in [0.717, 1.165) is 24.0 Å². The fourth-order valence-corrected chi connectivity index (χ4v) is 2.40. The van der Waals surface area contributed by atoms with Gasteiger partial charge in [-0.2, -0.15) is 5.26 Å². The molecule has 0 aliphatic rings. The highest BCUT2D eigenvalue weighted by Gasteiger charge is 2.33.